The van der Waals surface area contributed by atoms with Crippen LogP contribution >= 0.6 is 0 Å². The molecule has 3 N–H and O–H groups in total. The molecule has 1 aliphatic rings. The van der Waals surface area contributed by atoms with Crippen LogP contribution in [-0.2, 0) is 35.0 Å². The number of hydrogen-bond donors (Lipinski definition) is 3. The van der Waals surface area contributed by atoms with Crippen LogP contribution in [-0.4, -0.2) is 34.9 Å². The zero-order valence-corrected chi connectivity index (χ0v) is 21.8. The minimum atomic E-state index is -1.01. The number of aryl methyl sites for hydroxylation is 1. The zero-order valence-electron chi connectivity index (χ0n) is 21.8. The maximum atomic E-state index is 13.8. The molecule has 0 saturated carbocycles. The number of nitrogens with one attached hydrogen (secondary N) is 2. The summed E-state index contributed by atoms with van der Waals surface area (Å²) in [5.41, 5.74) is 4.08. The van der Waals surface area contributed by atoms with Gasteiger partial charge in [-0.15, -0.1) is 0 Å². The molecule has 8 heteroatoms. The molecule has 198 valence electrons. The Hall–Kier alpha value is -3.10. The Bertz CT molecular complexity index is 1230. The van der Waals surface area contributed by atoms with E-state index in [0.29, 0.717) is 18.4 Å². The van der Waals surface area contributed by atoms with E-state index < -0.39 is 29.3 Å². The van der Waals surface area contributed by atoms with E-state index in [9.17, 15) is 18.7 Å². The number of aromatic nitrogens is 1. The second-order valence-corrected chi connectivity index (χ2v) is 11.1. The predicted octanol–water partition coefficient (Wildman–Crippen LogP) is 4.33. The summed E-state index contributed by atoms with van der Waals surface area (Å²) in [6.07, 6.45) is 2.83. The third-order valence-electron chi connectivity index (χ3n) is 7.17. The molecule has 0 saturated heterocycles. The number of rotatable bonds is 8. The number of aliphatic hydroxyl groups is 1. The summed E-state index contributed by atoms with van der Waals surface area (Å²) >= 11 is 0. The van der Waals surface area contributed by atoms with E-state index in [1.54, 1.807) is 6.26 Å². The molecule has 3 atom stereocenters. The van der Waals surface area contributed by atoms with Crippen molar-refractivity contribution in [3.63, 3.8) is 0 Å². The van der Waals surface area contributed by atoms with Gasteiger partial charge in [0.1, 0.15) is 17.9 Å². The molecule has 3 aromatic rings. The van der Waals surface area contributed by atoms with Crippen molar-refractivity contribution >= 4 is 5.91 Å². The standard InChI is InChI=1S/C29H35F2N3O3/c1-18(35)33-26(12-19-10-23(30)14-24(31)11-19)27(36)16-32-29(9-8-25-20(15-29)17-37-34-25)22-7-5-6-21(13-22)28(2,3)4/h5-7,10-11,13-14,17,26-27,32,36H,8-9,12,15-16H2,1-4H3,(H,33,35). The van der Waals surface area contributed by atoms with Crippen molar-refractivity contribution in [3.8, 4) is 0 Å². The van der Waals surface area contributed by atoms with E-state index in [4.69, 9.17) is 4.52 Å². The van der Waals surface area contributed by atoms with Gasteiger partial charge in [0.15, 0.2) is 0 Å². The first-order valence-corrected chi connectivity index (χ1v) is 12.6. The van der Waals surface area contributed by atoms with Crippen LogP contribution in [0.5, 0.6) is 0 Å². The highest BCUT2D eigenvalue weighted by molar-refractivity contribution is 5.73. The van der Waals surface area contributed by atoms with Gasteiger partial charge in [0.2, 0.25) is 5.91 Å². The molecule has 0 fully saturated rings. The highest BCUT2D eigenvalue weighted by Crippen LogP contribution is 2.38. The molecular formula is C29H35F2N3O3. The van der Waals surface area contributed by atoms with Gasteiger partial charge in [0, 0.05) is 30.6 Å². The lowest BCUT2D eigenvalue weighted by atomic mass is 9.74. The lowest BCUT2D eigenvalue weighted by Crippen LogP contribution is -2.54. The van der Waals surface area contributed by atoms with Crippen LogP contribution in [0.2, 0.25) is 0 Å². The average Bonchev–Trinajstić information content (AvgIpc) is 3.28. The fourth-order valence-electron chi connectivity index (χ4n) is 5.13. The van der Waals surface area contributed by atoms with Gasteiger partial charge in [-0.25, -0.2) is 8.78 Å². The SMILES string of the molecule is CC(=O)NC(Cc1cc(F)cc(F)c1)C(O)CNC1(c2cccc(C(C)(C)C)c2)CCc2nocc2C1. The Kier molecular flexibility index (Phi) is 7.80. The van der Waals surface area contributed by atoms with Crippen molar-refractivity contribution in [2.24, 2.45) is 0 Å². The van der Waals surface area contributed by atoms with Gasteiger partial charge in [-0.3, -0.25) is 4.79 Å². The molecule has 1 aliphatic carbocycles. The van der Waals surface area contributed by atoms with E-state index in [2.05, 4.69) is 60.8 Å². The maximum absolute atomic E-state index is 13.8. The fraction of sp³-hybridized carbons (Fsp3) is 0.448. The summed E-state index contributed by atoms with van der Waals surface area (Å²) in [4.78, 5) is 11.9. The molecule has 4 rings (SSSR count). The summed E-state index contributed by atoms with van der Waals surface area (Å²) in [6.45, 7) is 8.02. The summed E-state index contributed by atoms with van der Waals surface area (Å²) in [6, 6.07) is 11.0. The maximum Gasteiger partial charge on any atom is 0.217 e. The van der Waals surface area contributed by atoms with Crippen LogP contribution in [0.3, 0.4) is 0 Å². The number of amides is 1. The van der Waals surface area contributed by atoms with E-state index in [1.165, 1.54) is 24.6 Å². The third kappa shape index (κ3) is 6.43. The Morgan fingerprint density at radius 3 is 2.59 bits per heavy atom. The van der Waals surface area contributed by atoms with E-state index >= 15 is 0 Å². The number of aliphatic hydroxyl groups excluding tert-OH is 1. The number of halogens is 2. The molecule has 1 aromatic heterocycles. The van der Waals surface area contributed by atoms with Crippen LogP contribution in [0.1, 0.15) is 62.1 Å². The molecule has 2 aromatic carbocycles. The number of hydrogen-bond acceptors (Lipinski definition) is 5. The smallest absolute Gasteiger partial charge is 0.217 e. The Balaban J connectivity index is 1.60. The second-order valence-electron chi connectivity index (χ2n) is 11.1. The molecule has 37 heavy (non-hydrogen) atoms. The third-order valence-corrected chi connectivity index (χ3v) is 7.17. The number of fused-ring (bicyclic) bond motifs is 1. The predicted molar refractivity (Wildman–Crippen MR) is 137 cm³/mol. The highest BCUT2D eigenvalue weighted by atomic mass is 19.1. The van der Waals surface area contributed by atoms with Crippen molar-refractivity contribution in [2.45, 2.75) is 76.5 Å². The molecule has 0 bridgehead atoms. The van der Waals surface area contributed by atoms with Gasteiger partial charge in [-0.2, -0.15) is 0 Å². The van der Waals surface area contributed by atoms with Gasteiger partial charge in [0.25, 0.3) is 0 Å². The molecule has 1 amide bonds. The molecule has 0 radical (unpaired) electrons. The van der Waals surface area contributed by atoms with Gasteiger partial charge in [0.05, 0.1) is 17.8 Å². The number of nitrogens with zero attached hydrogens (tertiary/aromatic N) is 1. The minimum absolute atomic E-state index is 0.0372. The van der Waals surface area contributed by atoms with Crippen LogP contribution in [0.15, 0.2) is 53.3 Å². The van der Waals surface area contributed by atoms with Gasteiger partial charge in [-0.05, 0) is 59.9 Å². The van der Waals surface area contributed by atoms with Gasteiger partial charge in [-0.1, -0.05) is 50.2 Å². The number of benzene rings is 2. The quantitative estimate of drug-likeness (QED) is 0.419. The Morgan fingerprint density at radius 2 is 1.92 bits per heavy atom. The normalized spacial score (nSPS) is 19.2. The first kappa shape index (κ1) is 26.9. The fourth-order valence-corrected chi connectivity index (χ4v) is 5.13. The molecule has 1 heterocycles. The van der Waals surface area contributed by atoms with Crippen molar-refractivity contribution in [1.82, 2.24) is 15.8 Å². The molecule has 6 nitrogen and oxygen atoms in total. The average molecular weight is 512 g/mol. The molecule has 3 unspecified atom stereocenters. The minimum Gasteiger partial charge on any atom is -0.390 e. The number of carbonyl (C=O) groups excluding carboxylic acids is 1. The van der Waals surface area contributed by atoms with Crippen LogP contribution in [0, 0.1) is 11.6 Å². The molecular weight excluding hydrogens is 476 g/mol. The lowest BCUT2D eigenvalue weighted by molar-refractivity contribution is -0.120. The first-order valence-electron chi connectivity index (χ1n) is 12.6. The summed E-state index contributed by atoms with van der Waals surface area (Å²) in [5, 5.41) is 21.7. The summed E-state index contributed by atoms with van der Waals surface area (Å²) in [5.74, 6) is -1.73. The van der Waals surface area contributed by atoms with Crippen molar-refractivity contribution in [1.29, 1.82) is 0 Å². The van der Waals surface area contributed by atoms with E-state index in [1.807, 2.05) is 0 Å². The lowest BCUT2D eigenvalue weighted by Gasteiger charge is -2.40. The van der Waals surface area contributed by atoms with Crippen molar-refractivity contribution in [2.75, 3.05) is 6.54 Å². The molecule has 0 aliphatic heterocycles. The first-order chi connectivity index (χ1) is 17.4. The van der Waals surface area contributed by atoms with E-state index in [0.717, 1.165) is 29.3 Å². The monoisotopic (exact) mass is 511 g/mol. The highest BCUT2D eigenvalue weighted by Gasteiger charge is 2.39. The van der Waals surface area contributed by atoms with Gasteiger partial charge >= 0.3 is 0 Å². The number of carbonyl (C=O) groups is 1. The van der Waals surface area contributed by atoms with Crippen LogP contribution < -0.4 is 10.6 Å². The van der Waals surface area contributed by atoms with Crippen molar-refractivity contribution < 1.29 is 23.2 Å². The zero-order chi connectivity index (χ0) is 26.8. The summed E-state index contributed by atoms with van der Waals surface area (Å²) in [7, 11) is 0. The van der Waals surface area contributed by atoms with E-state index in [-0.39, 0.29) is 24.3 Å². The second kappa shape index (κ2) is 10.7. The van der Waals surface area contributed by atoms with Crippen LogP contribution in [0.4, 0.5) is 8.78 Å². The van der Waals surface area contributed by atoms with Crippen LogP contribution in [0.25, 0.3) is 0 Å². The Labute approximate surface area is 216 Å². The summed E-state index contributed by atoms with van der Waals surface area (Å²) < 4.78 is 32.8. The Morgan fingerprint density at radius 1 is 1.19 bits per heavy atom. The molecule has 0 spiro atoms. The van der Waals surface area contributed by atoms with Crippen molar-refractivity contribution in [3.05, 3.63) is 88.3 Å². The van der Waals surface area contributed by atoms with Gasteiger partial charge < -0.3 is 20.3 Å². The largest absolute Gasteiger partial charge is 0.390 e. The topological polar surface area (TPSA) is 87.4 Å².